The maximum Gasteiger partial charge on any atom is 0.249 e. The number of fused-ring (bicyclic) bond motifs is 1. The van der Waals surface area contributed by atoms with E-state index in [1.807, 2.05) is 29.2 Å². The van der Waals surface area contributed by atoms with E-state index in [1.54, 1.807) is 0 Å². The first-order chi connectivity index (χ1) is 12.8. The van der Waals surface area contributed by atoms with Crippen molar-refractivity contribution in [3.8, 4) is 0 Å². The van der Waals surface area contributed by atoms with Gasteiger partial charge in [-0.25, -0.2) is 0 Å². The van der Waals surface area contributed by atoms with Gasteiger partial charge in [-0.3, -0.25) is 4.79 Å². The second kappa shape index (κ2) is 6.24. The molecule has 2 fully saturated rings. The van der Waals surface area contributed by atoms with Crippen molar-refractivity contribution >= 4 is 16.7 Å². The zero-order valence-corrected chi connectivity index (χ0v) is 14.6. The highest BCUT2D eigenvalue weighted by atomic mass is 16.5. The molecule has 1 saturated heterocycles. The third-order valence-electron chi connectivity index (χ3n) is 5.48. The number of likely N-dealkylation sites (tertiary alicyclic amines) is 1. The van der Waals surface area contributed by atoms with Crippen molar-refractivity contribution in [1.29, 1.82) is 0 Å². The van der Waals surface area contributed by atoms with Crippen LogP contribution in [-0.4, -0.2) is 27.5 Å². The predicted molar refractivity (Wildman–Crippen MR) is 97.6 cm³/mol. The van der Waals surface area contributed by atoms with Crippen LogP contribution < -0.4 is 0 Å². The zero-order chi connectivity index (χ0) is 17.5. The largest absolute Gasteiger partial charge is 0.337 e. The molecule has 26 heavy (non-hydrogen) atoms. The van der Waals surface area contributed by atoms with Gasteiger partial charge in [-0.05, 0) is 42.0 Å². The summed E-state index contributed by atoms with van der Waals surface area (Å²) in [6.45, 7) is 0.759. The van der Waals surface area contributed by atoms with E-state index in [4.69, 9.17) is 4.52 Å². The van der Waals surface area contributed by atoms with Gasteiger partial charge in [0.05, 0.1) is 6.42 Å². The number of hydrogen-bond acceptors (Lipinski definition) is 4. The van der Waals surface area contributed by atoms with E-state index < -0.39 is 0 Å². The van der Waals surface area contributed by atoms with Gasteiger partial charge < -0.3 is 9.42 Å². The summed E-state index contributed by atoms with van der Waals surface area (Å²) < 4.78 is 5.50. The molecule has 0 bridgehead atoms. The fourth-order valence-corrected chi connectivity index (χ4v) is 3.92. The molecule has 2 heterocycles. The average Bonchev–Trinajstić information content (AvgIpc) is 3.20. The molecule has 2 aromatic carbocycles. The van der Waals surface area contributed by atoms with Crippen LogP contribution in [0.1, 0.15) is 54.9 Å². The molecular weight excluding hydrogens is 326 g/mol. The highest BCUT2D eigenvalue weighted by Crippen LogP contribution is 2.40. The summed E-state index contributed by atoms with van der Waals surface area (Å²) in [5.74, 6) is 2.02. The van der Waals surface area contributed by atoms with E-state index in [9.17, 15) is 4.79 Å². The second-order valence-corrected chi connectivity index (χ2v) is 7.33. The molecule has 5 heteroatoms. The van der Waals surface area contributed by atoms with Crippen LogP contribution in [0.15, 0.2) is 47.0 Å². The lowest BCUT2D eigenvalue weighted by molar-refractivity contribution is -0.131. The molecule has 5 nitrogen and oxygen atoms in total. The molecule has 3 aromatic rings. The van der Waals surface area contributed by atoms with Gasteiger partial charge in [-0.15, -0.1) is 0 Å². The molecule has 1 saturated carbocycles. The minimum absolute atomic E-state index is 0.0718. The Labute approximate surface area is 152 Å². The average molecular weight is 347 g/mol. The Morgan fingerprint density at radius 1 is 1.12 bits per heavy atom. The Kier molecular flexibility index (Phi) is 3.73. The molecule has 1 aliphatic carbocycles. The van der Waals surface area contributed by atoms with Crippen LogP contribution in [0.25, 0.3) is 10.8 Å². The van der Waals surface area contributed by atoms with Crippen LogP contribution >= 0.6 is 0 Å². The van der Waals surface area contributed by atoms with Crippen LogP contribution in [-0.2, 0) is 11.2 Å². The molecule has 1 atom stereocenters. The van der Waals surface area contributed by atoms with Gasteiger partial charge in [0.25, 0.3) is 0 Å². The normalized spacial score (nSPS) is 20.0. The van der Waals surface area contributed by atoms with Crippen LogP contribution in [0.4, 0.5) is 0 Å². The number of benzene rings is 2. The molecule has 132 valence electrons. The smallest absolute Gasteiger partial charge is 0.249 e. The van der Waals surface area contributed by atoms with Crippen molar-refractivity contribution in [3.63, 3.8) is 0 Å². The van der Waals surface area contributed by atoms with E-state index in [-0.39, 0.29) is 11.9 Å². The Morgan fingerprint density at radius 3 is 2.85 bits per heavy atom. The Hall–Kier alpha value is -2.69. The van der Waals surface area contributed by atoms with Crippen molar-refractivity contribution < 1.29 is 9.32 Å². The van der Waals surface area contributed by atoms with Crippen molar-refractivity contribution in [2.24, 2.45) is 0 Å². The Bertz CT molecular complexity index is 955. The lowest BCUT2D eigenvalue weighted by atomic mass is 10.0. The molecule has 0 N–H and O–H groups in total. The number of aromatic nitrogens is 2. The first kappa shape index (κ1) is 15.6. The summed E-state index contributed by atoms with van der Waals surface area (Å²) in [6, 6.07) is 14.3. The lowest BCUT2D eigenvalue weighted by Crippen LogP contribution is -2.32. The maximum absolute atomic E-state index is 13.0. The lowest BCUT2D eigenvalue weighted by Gasteiger charge is -2.22. The molecule has 1 unspecified atom stereocenters. The van der Waals surface area contributed by atoms with Crippen molar-refractivity contribution in [1.82, 2.24) is 15.0 Å². The van der Waals surface area contributed by atoms with Crippen molar-refractivity contribution in [3.05, 3.63) is 59.7 Å². The summed E-state index contributed by atoms with van der Waals surface area (Å²) >= 11 is 0. The summed E-state index contributed by atoms with van der Waals surface area (Å²) in [5.41, 5.74) is 1.07. The minimum Gasteiger partial charge on any atom is -0.337 e. The van der Waals surface area contributed by atoms with Gasteiger partial charge in [0.1, 0.15) is 6.04 Å². The predicted octanol–water partition coefficient (Wildman–Crippen LogP) is 4.01. The third-order valence-corrected chi connectivity index (χ3v) is 5.48. The van der Waals surface area contributed by atoms with E-state index in [1.165, 1.54) is 5.39 Å². The van der Waals surface area contributed by atoms with Gasteiger partial charge in [0, 0.05) is 12.5 Å². The molecule has 1 aliphatic heterocycles. The minimum atomic E-state index is -0.0718. The van der Waals surface area contributed by atoms with E-state index in [0.717, 1.165) is 49.0 Å². The quantitative estimate of drug-likeness (QED) is 0.715. The first-order valence-corrected chi connectivity index (χ1v) is 9.39. The Morgan fingerprint density at radius 2 is 1.96 bits per heavy atom. The van der Waals surface area contributed by atoms with Crippen LogP contribution in [0.5, 0.6) is 0 Å². The number of hydrogen-bond donors (Lipinski definition) is 0. The SMILES string of the molecule is O=C(Cc1cccc2ccccc12)N1CCCC1c1nc(C2CC2)no1. The number of amides is 1. The summed E-state index contributed by atoms with van der Waals surface area (Å²) in [6.07, 6.45) is 4.57. The molecule has 1 aromatic heterocycles. The maximum atomic E-state index is 13.0. The number of carbonyl (C=O) groups excluding carboxylic acids is 1. The standard InChI is InChI=1S/C21H21N3O2/c25-19(13-16-7-3-6-14-5-1-2-8-17(14)16)24-12-4-9-18(24)21-22-20(23-26-21)15-10-11-15/h1-3,5-8,15,18H,4,9-13H2. The van der Waals surface area contributed by atoms with Crippen LogP contribution in [0, 0.1) is 0 Å². The van der Waals surface area contributed by atoms with E-state index >= 15 is 0 Å². The fourth-order valence-electron chi connectivity index (χ4n) is 3.92. The van der Waals surface area contributed by atoms with Crippen LogP contribution in [0.3, 0.4) is 0 Å². The first-order valence-electron chi connectivity index (χ1n) is 9.39. The summed E-state index contributed by atoms with van der Waals surface area (Å²) in [4.78, 5) is 19.5. The fraction of sp³-hybridized carbons (Fsp3) is 0.381. The number of carbonyl (C=O) groups is 1. The highest BCUT2D eigenvalue weighted by Gasteiger charge is 2.36. The van der Waals surface area contributed by atoms with Gasteiger partial charge in [-0.1, -0.05) is 47.6 Å². The highest BCUT2D eigenvalue weighted by molar-refractivity contribution is 5.90. The van der Waals surface area contributed by atoms with Crippen molar-refractivity contribution in [2.75, 3.05) is 6.54 Å². The number of nitrogens with zero attached hydrogens (tertiary/aromatic N) is 3. The van der Waals surface area contributed by atoms with E-state index in [2.05, 4.69) is 28.3 Å². The number of rotatable bonds is 4. The van der Waals surface area contributed by atoms with Gasteiger partial charge in [0.2, 0.25) is 11.8 Å². The van der Waals surface area contributed by atoms with Gasteiger partial charge >= 0.3 is 0 Å². The van der Waals surface area contributed by atoms with Gasteiger partial charge in [-0.2, -0.15) is 4.98 Å². The third kappa shape index (κ3) is 2.77. The molecular formula is C21H21N3O2. The van der Waals surface area contributed by atoms with Gasteiger partial charge in [0.15, 0.2) is 5.82 Å². The topological polar surface area (TPSA) is 59.2 Å². The summed E-state index contributed by atoms with van der Waals surface area (Å²) in [5, 5.41) is 6.43. The molecule has 0 spiro atoms. The molecule has 5 rings (SSSR count). The van der Waals surface area contributed by atoms with Crippen LogP contribution in [0.2, 0.25) is 0 Å². The Balaban J connectivity index is 1.38. The molecule has 1 amide bonds. The molecule has 0 radical (unpaired) electrons. The van der Waals surface area contributed by atoms with Crippen molar-refractivity contribution in [2.45, 2.75) is 44.1 Å². The monoisotopic (exact) mass is 347 g/mol. The van der Waals surface area contributed by atoms with E-state index in [0.29, 0.717) is 18.2 Å². The molecule has 2 aliphatic rings. The summed E-state index contributed by atoms with van der Waals surface area (Å²) in [7, 11) is 0. The second-order valence-electron chi connectivity index (χ2n) is 7.33. The zero-order valence-electron chi connectivity index (χ0n) is 14.6.